The zero-order valence-electron chi connectivity index (χ0n) is 13.0. The van der Waals surface area contributed by atoms with Crippen molar-refractivity contribution >= 4 is 18.3 Å². The lowest BCUT2D eigenvalue weighted by atomic mass is 9.73. The van der Waals surface area contributed by atoms with E-state index < -0.39 is 0 Å². The van der Waals surface area contributed by atoms with Crippen LogP contribution in [-0.4, -0.2) is 25.0 Å². The van der Waals surface area contributed by atoms with Crippen molar-refractivity contribution in [1.82, 2.24) is 10.6 Å². The molecule has 1 atom stereocenters. The number of hydrogen-bond donors (Lipinski definition) is 2. The van der Waals surface area contributed by atoms with Gasteiger partial charge in [-0.15, -0.1) is 12.4 Å². The van der Waals surface area contributed by atoms with Crippen LogP contribution in [-0.2, 0) is 4.79 Å². The van der Waals surface area contributed by atoms with E-state index in [-0.39, 0.29) is 23.7 Å². The molecule has 0 aromatic rings. The average Bonchev–Trinajstić information content (AvgIpc) is 2.40. The number of rotatable bonds is 4. The summed E-state index contributed by atoms with van der Waals surface area (Å²) >= 11 is 0. The molecule has 0 radical (unpaired) electrons. The first kappa shape index (κ1) is 17.8. The van der Waals surface area contributed by atoms with Crippen molar-refractivity contribution in [3.05, 3.63) is 0 Å². The zero-order valence-corrected chi connectivity index (χ0v) is 13.9. The second kappa shape index (κ2) is 8.23. The molecular weight excluding hydrogens is 272 g/mol. The Morgan fingerprint density at radius 3 is 2.55 bits per heavy atom. The molecule has 1 saturated heterocycles. The van der Waals surface area contributed by atoms with Gasteiger partial charge < -0.3 is 10.6 Å². The van der Waals surface area contributed by atoms with Gasteiger partial charge in [0, 0.05) is 12.5 Å². The van der Waals surface area contributed by atoms with Crippen LogP contribution in [0.25, 0.3) is 0 Å². The third-order valence-corrected chi connectivity index (χ3v) is 5.08. The highest BCUT2D eigenvalue weighted by molar-refractivity contribution is 5.85. The summed E-state index contributed by atoms with van der Waals surface area (Å²) in [5.74, 6) is 1.03. The van der Waals surface area contributed by atoms with Gasteiger partial charge in [0.1, 0.15) is 0 Å². The molecule has 4 heteroatoms. The summed E-state index contributed by atoms with van der Waals surface area (Å²) in [5.41, 5.74) is 0.280. The summed E-state index contributed by atoms with van der Waals surface area (Å²) in [6.07, 6.45) is 9.25. The summed E-state index contributed by atoms with van der Waals surface area (Å²) in [5, 5.41) is 6.67. The van der Waals surface area contributed by atoms with Crippen molar-refractivity contribution < 1.29 is 4.79 Å². The standard InChI is InChI=1S/C16H30N2O.ClH/c1-16(2)10-4-3-5-14(16)18-15(19)7-6-13-8-11-17-12-9-13;/h13-14,17H,3-12H2,1-2H3,(H,18,19);1H. The Bertz CT molecular complexity index is 301. The van der Waals surface area contributed by atoms with Crippen LogP contribution in [0.15, 0.2) is 0 Å². The molecule has 118 valence electrons. The van der Waals surface area contributed by atoms with Gasteiger partial charge in [-0.2, -0.15) is 0 Å². The lowest BCUT2D eigenvalue weighted by Crippen LogP contribution is -2.46. The Kier molecular flexibility index (Phi) is 7.32. The number of halogens is 1. The van der Waals surface area contributed by atoms with E-state index in [9.17, 15) is 4.79 Å². The molecule has 1 unspecified atom stereocenters. The van der Waals surface area contributed by atoms with Crippen LogP contribution in [0.1, 0.15) is 65.2 Å². The average molecular weight is 303 g/mol. The maximum atomic E-state index is 12.1. The van der Waals surface area contributed by atoms with Crippen molar-refractivity contribution in [3.8, 4) is 0 Å². The minimum atomic E-state index is 0. The SMILES string of the molecule is CC1(C)CCCCC1NC(=O)CCC1CCNCC1.Cl. The van der Waals surface area contributed by atoms with Crippen LogP contribution in [0, 0.1) is 11.3 Å². The first-order valence-electron chi connectivity index (χ1n) is 8.08. The van der Waals surface area contributed by atoms with Gasteiger partial charge in [-0.1, -0.05) is 26.7 Å². The maximum Gasteiger partial charge on any atom is 0.220 e. The monoisotopic (exact) mass is 302 g/mol. The topological polar surface area (TPSA) is 41.1 Å². The Morgan fingerprint density at radius 1 is 1.20 bits per heavy atom. The number of carbonyl (C=O) groups excluding carboxylic acids is 1. The molecule has 1 aliphatic carbocycles. The Balaban J connectivity index is 0.00000200. The summed E-state index contributed by atoms with van der Waals surface area (Å²) < 4.78 is 0. The molecular formula is C16H31ClN2O. The Morgan fingerprint density at radius 2 is 1.90 bits per heavy atom. The van der Waals surface area contributed by atoms with Gasteiger partial charge >= 0.3 is 0 Å². The van der Waals surface area contributed by atoms with Gasteiger partial charge in [-0.25, -0.2) is 0 Å². The minimum absolute atomic E-state index is 0. The molecule has 1 amide bonds. The molecule has 2 fully saturated rings. The lowest BCUT2D eigenvalue weighted by molar-refractivity contribution is -0.123. The van der Waals surface area contributed by atoms with E-state index in [1.54, 1.807) is 0 Å². The molecule has 1 aliphatic heterocycles. The predicted octanol–water partition coefficient (Wildman–Crippen LogP) is 3.27. The number of piperidine rings is 1. The fraction of sp³-hybridized carbons (Fsp3) is 0.938. The fourth-order valence-corrected chi connectivity index (χ4v) is 3.53. The van der Waals surface area contributed by atoms with E-state index in [0.717, 1.165) is 38.3 Å². The molecule has 0 aromatic heterocycles. The number of carbonyl (C=O) groups is 1. The van der Waals surface area contributed by atoms with Crippen LogP contribution in [0.4, 0.5) is 0 Å². The second-order valence-electron chi connectivity index (χ2n) is 7.09. The van der Waals surface area contributed by atoms with Gasteiger partial charge in [-0.3, -0.25) is 4.79 Å². The molecule has 0 spiro atoms. The molecule has 1 saturated carbocycles. The molecule has 20 heavy (non-hydrogen) atoms. The summed E-state index contributed by atoms with van der Waals surface area (Å²) in [7, 11) is 0. The molecule has 1 heterocycles. The van der Waals surface area contributed by atoms with E-state index in [0.29, 0.717) is 6.04 Å². The first-order valence-corrected chi connectivity index (χ1v) is 8.08. The summed E-state index contributed by atoms with van der Waals surface area (Å²) in [4.78, 5) is 12.1. The largest absolute Gasteiger partial charge is 0.353 e. The molecule has 3 nitrogen and oxygen atoms in total. The van der Waals surface area contributed by atoms with Crippen LogP contribution in [0.5, 0.6) is 0 Å². The molecule has 2 aliphatic rings. The quantitative estimate of drug-likeness (QED) is 0.837. The molecule has 0 aromatic carbocycles. The van der Waals surface area contributed by atoms with Crippen molar-refractivity contribution in [2.24, 2.45) is 11.3 Å². The van der Waals surface area contributed by atoms with Crippen molar-refractivity contribution in [2.75, 3.05) is 13.1 Å². The van der Waals surface area contributed by atoms with Crippen molar-refractivity contribution in [1.29, 1.82) is 0 Å². The third-order valence-electron chi connectivity index (χ3n) is 5.08. The van der Waals surface area contributed by atoms with E-state index in [4.69, 9.17) is 0 Å². The van der Waals surface area contributed by atoms with Crippen molar-refractivity contribution in [3.63, 3.8) is 0 Å². The normalized spacial score (nSPS) is 26.6. The van der Waals surface area contributed by atoms with Gasteiger partial charge in [0.2, 0.25) is 5.91 Å². The highest BCUT2D eigenvalue weighted by Gasteiger charge is 2.33. The highest BCUT2D eigenvalue weighted by Crippen LogP contribution is 2.35. The number of hydrogen-bond acceptors (Lipinski definition) is 2. The Hall–Kier alpha value is -0.280. The third kappa shape index (κ3) is 5.25. The van der Waals surface area contributed by atoms with E-state index >= 15 is 0 Å². The van der Waals surface area contributed by atoms with Gasteiger partial charge in [-0.05, 0) is 56.5 Å². The smallest absolute Gasteiger partial charge is 0.220 e. The second-order valence-corrected chi connectivity index (χ2v) is 7.09. The highest BCUT2D eigenvalue weighted by atomic mass is 35.5. The van der Waals surface area contributed by atoms with Crippen LogP contribution < -0.4 is 10.6 Å². The van der Waals surface area contributed by atoms with E-state index in [1.807, 2.05) is 0 Å². The van der Waals surface area contributed by atoms with Crippen LogP contribution >= 0.6 is 12.4 Å². The van der Waals surface area contributed by atoms with E-state index in [1.165, 1.54) is 32.1 Å². The summed E-state index contributed by atoms with van der Waals surface area (Å²) in [6, 6.07) is 0.391. The van der Waals surface area contributed by atoms with E-state index in [2.05, 4.69) is 24.5 Å². The van der Waals surface area contributed by atoms with Crippen LogP contribution in [0.2, 0.25) is 0 Å². The van der Waals surface area contributed by atoms with Crippen molar-refractivity contribution in [2.45, 2.75) is 71.3 Å². The van der Waals surface area contributed by atoms with Gasteiger partial charge in [0.25, 0.3) is 0 Å². The van der Waals surface area contributed by atoms with Gasteiger partial charge in [0.15, 0.2) is 0 Å². The molecule has 2 rings (SSSR count). The number of amides is 1. The maximum absolute atomic E-state index is 12.1. The van der Waals surface area contributed by atoms with Crippen LogP contribution in [0.3, 0.4) is 0 Å². The van der Waals surface area contributed by atoms with Gasteiger partial charge in [0.05, 0.1) is 0 Å². The zero-order chi connectivity index (χ0) is 13.7. The molecule has 2 N–H and O–H groups in total. The summed E-state index contributed by atoms with van der Waals surface area (Å²) in [6.45, 7) is 6.84. The Labute approximate surface area is 130 Å². The number of nitrogens with one attached hydrogen (secondary N) is 2. The predicted molar refractivity (Wildman–Crippen MR) is 86.3 cm³/mol. The fourth-order valence-electron chi connectivity index (χ4n) is 3.53. The first-order chi connectivity index (χ1) is 9.08. The molecule has 0 bridgehead atoms. The minimum Gasteiger partial charge on any atom is -0.353 e. The lowest BCUT2D eigenvalue weighted by Gasteiger charge is -2.39.